The van der Waals surface area contributed by atoms with Crippen molar-refractivity contribution in [2.24, 2.45) is 7.05 Å². The Morgan fingerprint density at radius 3 is 2.81 bits per heavy atom. The first-order chi connectivity index (χ1) is 12.7. The summed E-state index contributed by atoms with van der Waals surface area (Å²) < 4.78 is 19.4. The molecule has 0 saturated carbocycles. The van der Waals surface area contributed by atoms with Gasteiger partial charge in [0, 0.05) is 32.9 Å². The van der Waals surface area contributed by atoms with Crippen LogP contribution in [0.3, 0.4) is 0 Å². The zero-order chi connectivity index (χ0) is 17.9. The average molecular weight is 358 g/mol. The molecule has 7 heteroatoms. The number of fused-ring (bicyclic) bond motifs is 1. The fourth-order valence-corrected chi connectivity index (χ4v) is 3.66. The molecule has 7 nitrogen and oxygen atoms in total. The second-order valence-corrected chi connectivity index (χ2v) is 6.87. The summed E-state index contributed by atoms with van der Waals surface area (Å²) in [5.74, 6) is 1.66. The maximum absolute atomic E-state index is 6.08. The number of benzene rings is 1. The number of aromatic nitrogens is 2. The minimum absolute atomic E-state index is 0.0846. The van der Waals surface area contributed by atoms with E-state index >= 15 is 0 Å². The topological polar surface area (TPSA) is 60.8 Å². The number of likely N-dealkylation sites (N-methyl/N-ethyl adjacent to an activating group) is 1. The van der Waals surface area contributed by atoms with Gasteiger partial charge in [-0.2, -0.15) is 0 Å². The van der Waals surface area contributed by atoms with Gasteiger partial charge >= 0.3 is 0 Å². The van der Waals surface area contributed by atoms with Crippen LogP contribution in [0.5, 0.6) is 11.5 Å². The van der Waals surface area contributed by atoms with Crippen LogP contribution in [0.2, 0.25) is 0 Å². The van der Waals surface area contributed by atoms with Gasteiger partial charge in [0.15, 0.2) is 11.5 Å². The number of ether oxygens (including phenoxy) is 3. The van der Waals surface area contributed by atoms with Crippen molar-refractivity contribution < 1.29 is 14.2 Å². The molecule has 0 radical (unpaired) electrons. The molecule has 26 heavy (non-hydrogen) atoms. The van der Waals surface area contributed by atoms with Crippen LogP contribution in [0.1, 0.15) is 17.3 Å². The first-order valence-corrected chi connectivity index (χ1v) is 9.09. The van der Waals surface area contributed by atoms with Gasteiger partial charge in [-0.25, -0.2) is 4.98 Å². The third-order valence-corrected chi connectivity index (χ3v) is 5.04. The molecular formula is C19H26N4O3. The van der Waals surface area contributed by atoms with E-state index < -0.39 is 0 Å². The highest BCUT2D eigenvalue weighted by molar-refractivity contribution is 5.43. The largest absolute Gasteiger partial charge is 0.486 e. The summed E-state index contributed by atoms with van der Waals surface area (Å²) in [6.45, 7) is 4.44. The monoisotopic (exact) mass is 358 g/mol. The second kappa shape index (κ2) is 7.65. The smallest absolute Gasteiger partial charge is 0.161 e. The van der Waals surface area contributed by atoms with E-state index in [0.717, 1.165) is 37.7 Å². The molecular weight excluding hydrogens is 332 g/mol. The van der Waals surface area contributed by atoms with Crippen LogP contribution < -0.4 is 14.8 Å². The van der Waals surface area contributed by atoms with Crippen LogP contribution in [0.15, 0.2) is 30.7 Å². The summed E-state index contributed by atoms with van der Waals surface area (Å²) in [7, 11) is 4.18. The van der Waals surface area contributed by atoms with E-state index in [-0.39, 0.29) is 12.1 Å². The first-order valence-electron chi connectivity index (χ1n) is 9.09. The SMILES string of the molecule is CN1CCO[C@@H](CNCc2ccc3c(c2)OCCO3)[C@@H]1c1cncn1C. The van der Waals surface area contributed by atoms with Crippen LogP contribution in [0.25, 0.3) is 0 Å². The maximum atomic E-state index is 6.08. The van der Waals surface area contributed by atoms with E-state index in [2.05, 4.69) is 32.9 Å². The van der Waals surface area contributed by atoms with Crippen molar-refractivity contribution in [2.45, 2.75) is 18.7 Å². The number of imidazole rings is 1. The van der Waals surface area contributed by atoms with Gasteiger partial charge in [-0.1, -0.05) is 6.07 Å². The standard InChI is InChI=1S/C19H26N4O3/c1-22-5-6-24-18(19(22)15-11-21-13-23(15)2)12-20-10-14-3-4-16-17(9-14)26-8-7-25-16/h3-4,9,11,13,18-20H,5-8,10,12H2,1-2H3/t18-,19-/m0/s1. The fourth-order valence-electron chi connectivity index (χ4n) is 3.66. The lowest BCUT2D eigenvalue weighted by molar-refractivity contribution is -0.0636. The second-order valence-electron chi connectivity index (χ2n) is 6.87. The summed E-state index contributed by atoms with van der Waals surface area (Å²) in [4.78, 5) is 6.61. The first kappa shape index (κ1) is 17.3. The van der Waals surface area contributed by atoms with Gasteiger partial charge in [0.05, 0.1) is 30.8 Å². The fraction of sp³-hybridized carbons (Fsp3) is 0.526. The third-order valence-electron chi connectivity index (χ3n) is 5.04. The molecule has 1 aromatic carbocycles. The highest BCUT2D eigenvalue weighted by Crippen LogP contribution is 2.31. The molecule has 0 unspecified atom stereocenters. The predicted molar refractivity (Wildman–Crippen MR) is 97.5 cm³/mol. The molecule has 1 aromatic heterocycles. The van der Waals surface area contributed by atoms with Gasteiger partial charge in [-0.3, -0.25) is 4.90 Å². The van der Waals surface area contributed by atoms with E-state index in [9.17, 15) is 0 Å². The van der Waals surface area contributed by atoms with Gasteiger partial charge in [0.2, 0.25) is 0 Å². The van der Waals surface area contributed by atoms with Crippen LogP contribution in [-0.4, -0.2) is 60.5 Å². The van der Waals surface area contributed by atoms with Crippen molar-refractivity contribution in [3.8, 4) is 11.5 Å². The minimum Gasteiger partial charge on any atom is -0.486 e. The summed E-state index contributed by atoms with van der Waals surface area (Å²) in [5.41, 5.74) is 2.36. The lowest BCUT2D eigenvalue weighted by Gasteiger charge is -2.39. The Labute approximate surface area is 153 Å². The highest BCUT2D eigenvalue weighted by Gasteiger charge is 2.33. The van der Waals surface area contributed by atoms with Gasteiger partial charge in [0.25, 0.3) is 0 Å². The predicted octanol–water partition coefficient (Wildman–Crippen LogP) is 1.35. The quantitative estimate of drug-likeness (QED) is 0.871. The average Bonchev–Trinajstić information content (AvgIpc) is 3.07. The number of morpholine rings is 1. The van der Waals surface area contributed by atoms with Crippen molar-refractivity contribution in [1.29, 1.82) is 0 Å². The van der Waals surface area contributed by atoms with E-state index in [1.807, 2.05) is 31.7 Å². The summed E-state index contributed by atoms with van der Waals surface area (Å²) in [6.07, 6.45) is 3.86. The number of aryl methyl sites for hydroxylation is 1. The normalized spacial score (nSPS) is 23.2. The molecule has 3 heterocycles. The van der Waals surface area contributed by atoms with Gasteiger partial charge in [0.1, 0.15) is 13.2 Å². The summed E-state index contributed by atoms with van der Waals surface area (Å²) in [6, 6.07) is 6.31. The molecule has 1 fully saturated rings. The Hall–Kier alpha value is -2.09. The number of nitrogens with zero attached hydrogens (tertiary/aromatic N) is 3. The Morgan fingerprint density at radius 1 is 1.15 bits per heavy atom. The highest BCUT2D eigenvalue weighted by atomic mass is 16.6. The summed E-state index contributed by atoms with van der Waals surface area (Å²) >= 11 is 0. The lowest BCUT2D eigenvalue weighted by atomic mass is 10.0. The Kier molecular flexibility index (Phi) is 5.10. The Balaban J connectivity index is 1.39. The van der Waals surface area contributed by atoms with Crippen molar-refractivity contribution in [1.82, 2.24) is 19.8 Å². The van der Waals surface area contributed by atoms with Crippen molar-refractivity contribution in [2.75, 3.05) is 40.0 Å². The minimum atomic E-state index is 0.0846. The van der Waals surface area contributed by atoms with Gasteiger partial charge in [-0.15, -0.1) is 0 Å². The van der Waals surface area contributed by atoms with Crippen LogP contribution in [0, 0.1) is 0 Å². The maximum Gasteiger partial charge on any atom is 0.161 e. The van der Waals surface area contributed by atoms with Crippen molar-refractivity contribution in [3.63, 3.8) is 0 Å². The van der Waals surface area contributed by atoms with Crippen LogP contribution >= 0.6 is 0 Å². The van der Waals surface area contributed by atoms with E-state index in [0.29, 0.717) is 13.2 Å². The van der Waals surface area contributed by atoms with Crippen molar-refractivity contribution >= 4 is 0 Å². The number of hydrogen-bond donors (Lipinski definition) is 1. The van der Waals surface area contributed by atoms with E-state index in [1.54, 1.807) is 0 Å². The number of nitrogens with one attached hydrogen (secondary N) is 1. The van der Waals surface area contributed by atoms with Crippen LogP contribution in [-0.2, 0) is 18.3 Å². The molecule has 0 bridgehead atoms. The van der Waals surface area contributed by atoms with Gasteiger partial charge in [-0.05, 0) is 24.7 Å². The molecule has 1 saturated heterocycles. The van der Waals surface area contributed by atoms with Crippen LogP contribution in [0.4, 0.5) is 0 Å². The molecule has 0 spiro atoms. The van der Waals surface area contributed by atoms with Crippen molar-refractivity contribution in [3.05, 3.63) is 42.0 Å². The van der Waals surface area contributed by atoms with E-state index in [1.165, 1.54) is 11.3 Å². The lowest BCUT2D eigenvalue weighted by Crippen LogP contribution is -2.47. The molecule has 0 aliphatic carbocycles. The molecule has 2 aromatic rings. The third kappa shape index (κ3) is 3.56. The molecule has 140 valence electrons. The molecule has 4 rings (SSSR count). The Bertz CT molecular complexity index is 748. The molecule has 2 aliphatic heterocycles. The van der Waals surface area contributed by atoms with Gasteiger partial charge < -0.3 is 24.1 Å². The molecule has 2 atom stereocenters. The molecule has 1 N–H and O–H groups in total. The zero-order valence-corrected chi connectivity index (χ0v) is 15.4. The molecule has 0 amide bonds. The Morgan fingerprint density at radius 2 is 2.00 bits per heavy atom. The van der Waals surface area contributed by atoms with E-state index in [4.69, 9.17) is 14.2 Å². The number of hydrogen-bond acceptors (Lipinski definition) is 6. The summed E-state index contributed by atoms with van der Waals surface area (Å²) in [5, 5.41) is 3.53. The molecule has 2 aliphatic rings. The zero-order valence-electron chi connectivity index (χ0n) is 15.4. The number of rotatable bonds is 5.